The smallest absolute Gasteiger partial charge is 0.0469 e. The zero-order valence-corrected chi connectivity index (χ0v) is 7.88. The summed E-state index contributed by atoms with van der Waals surface area (Å²) in [6, 6.07) is 0.603. The van der Waals surface area contributed by atoms with E-state index in [1.165, 1.54) is 12.8 Å². The fraction of sp³-hybridized carbons (Fsp3) is 0.800. The Labute approximate surface area is 75.0 Å². The van der Waals surface area contributed by atoms with Crippen LogP contribution in [0.4, 0.5) is 0 Å². The molecule has 0 bridgehead atoms. The van der Waals surface area contributed by atoms with Crippen LogP contribution in [0, 0.1) is 5.92 Å². The van der Waals surface area contributed by atoms with E-state index in [2.05, 4.69) is 11.9 Å². The number of rotatable bonds is 4. The van der Waals surface area contributed by atoms with Crippen LogP contribution in [0.25, 0.3) is 0 Å². The molecule has 1 rings (SSSR count). The highest BCUT2D eigenvalue weighted by Gasteiger charge is 2.21. The first-order valence-corrected chi connectivity index (χ1v) is 4.74. The van der Waals surface area contributed by atoms with Crippen molar-refractivity contribution in [3.8, 4) is 0 Å². The minimum Gasteiger partial charge on any atom is -0.381 e. The van der Waals surface area contributed by atoms with Gasteiger partial charge in [-0.3, -0.25) is 0 Å². The standard InChI is InChI=1S/C10H19NO/c1-3-4-10(11-2)9-5-7-12-8-6-9/h3,9-11H,1,4-8H2,2H3. The molecule has 1 aliphatic heterocycles. The average molecular weight is 169 g/mol. The van der Waals surface area contributed by atoms with E-state index in [0.717, 1.165) is 25.6 Å². The first kappa shape index (κ1) is 9.75. The molecule has 1 atom stereocenters. The summed E-state index contributed by atoms with van der Waals surface area (Å²) < 4.78 is 5.32. The lowest BCUT2D eigenvalue weighted by atomic mass is 9.90. The Morgan fingerprint density at radius 3 is 2.75 bits per heavy atom. The van der Waals surface area contributed by atoms with Gasteiger partial charge in [0.1, 0.15) is 0 Å². The van der Waals surface area contributed by atoms with Crippen LogP contribution in [0.5, 0.6) is 0 Å². The van der Waals surface area contributed by atoms with Crippen LogP contribution in [0.15, 0.2) is 12.7 Å². The molecule has 0 spiro atoms. The molecule has 2 nitrogen and oxygen atoms in total. The lowest BCUT2D eigenvalue weighted by Crippen LogP contribution is -2.36. The second-order valence-corrected chi connectivity index (χ2v) is 3.37. The van der Waals surface area contributed by atoms with Crippen LogP contribution in [-0.2, 0) is 4.74 Å². The third-order valence-corrected chi connectivity index (χ3v) is 2.63. The number of ether oxygens (including phenoxy) is 1. The average Bonchev–Trinajstić information content (AvgIpc) is 2.15. The Morgan fingerprint density at radius 2 is 2.25 bits per heavy atom. The fourth-order valence-electron chi connectivity index (χ4n) is 1.84. The van der Waals surface area contributed by atoms with Gasteiger partial charge in [-0.15, -0.1) is 6.58 Å². The van der Waals surface area contributed by atoms with Crippen LogP contribution in [-0.4, -0.2) is 26.3 Å². The zero-order valence-electron chi connectivity index (χ0n) is 7.88. The Kier molecular flexibility index (Phi) is 4.33. The van der Waals surface area contributed by atoms with Gasteiger partial charge in [0.25, 0.3) is 0 Å². The number of hydrogen-bond acceptors (Lipinski definition) is 2. The molecule has 1 aliphatic rings. The van der Waals surface area contributed by atoms with E-state index in [4.69, 9.17) is 4.74 Å². The van der Waals surface area contributed by atoms with Crippen LogP contribution < -0.4 is 5.32 Å². The van der Waals surface area contributed by atoms with Crippen molar-refractivity contribution in [1.82, 2.24) is 5.32 Å². The first-order valence-electron chi connectivity index (χ1n) is 4.74. The van der Waals surface area contributed by atoms with Gasteiger partial charge >= 0.3 is 0 Å². The molecule has 0 aromatic carbocycles. The van der Waals surface area contributed by atoms with E-state index in [1.807, 2.05) is 13.1 Å². The topological polar surface area (TPSA) is 21.3 Å². The quantitative estimate of drug-likeness (QED) is 0.645. The molecular weight excluding hydrogens is 150 g/mol. The van der Waals surface area contributed by atoms with Crippen molar-refractivity contribution in [2.24, 2.45) is 5.92 Å². The van der Waals surface area contributed by atoms with Gasteiger partial charge in [0.15, 0.2) is 0 Å². The highest BCUT2D eigenvalue weighted by atomic mass is 16.5. The Morgan fingerprint density at radius 1 is 1.58 bits per heavy atom. The van der Waals surface area contributed by atoms with Crippen molar-refractivity contribution in [3.63, 3.8) is 0 Å². The predicted molar refractivity (Wildman–Crippen MR) is 51.2 cm³/mol. The van der Waals surface area contributed by atoms with Gasteiger partial charge in [-0.05, 0) is 32.2 Å². The highest BCUT2D eigenvalue weighted by Crippen LogP contribution is 2.20. The van der Waals surface area contributed by atoms with E-state index in [1.54, 1.807) is 0 Å². The SMILES string of the molecule is C=CCC(NC)C1CCOCC1. The summed E-state index contributed by atoms with van der Waals surface area (Å²) in [7, 11) is 2.03. The van der Waals surface area contributed by atoms with E-state index in [0.29, 0.717) is 6.04 Å². The molecule has 0 saturated carbocycles. The van der Waals surface area contributed by atoms with E-state index < -0.39 is 0 Å². The van der Waals surface area contributed by atoms with Crippen molar-refractivity contribution >= 4 is 0 Å². The molecule has 2 heteroatoms. The molecule has 1 saturated heterocycles. The van der Waals surface area contributed by atoms with Gasteiger partial charge in [-0.25, -0.2) is 0 Å². The minimum absolute atomic E-state index is 0.603. The van der Waals surface area contributed by atoms with Gasteiger partial charge in [0.05, 0.1) is 0 Å². The summed E-state index contributed by atoms with van der Waals surface area (Å²) in [4.78, 5) is 0. The molecule has 0 aromatic heterocycles. The molecule has 1 fully saturated rings. The van der Waals surface area contributed by atoms with Crippen LogP contribution in [0.3, 0.4) is 0 Å². The predicted octanol–water partition coefficient (Wildman–Crippen LogP) is 1.58. The second kappa shape index (κ2) is 5.33. The summed E-state index contributed by atoms with van der Waals surface area (Å²) in [5.41, 5.74) is 0. The van der Waals surface area contributed by atoms with Crippen LogP contribution in [0.2, 0.25) is 0 Å². The maximum Gasteiger partial charge on any atom is 0.0469 e. The van der Waals surface area contributed by atoms with Crippen molar-refractivity contribution in [1.29, 1.82) is 0 Å². The highest BCUT2D eigenvalue weighted by molar-refractivity contribution is 4.83. The molecule has 70 valence electrons. The van der Waals surface area contributed by atoms with Gasteiger partial charge in [-0.1, -0.05) is 6.08 Å². The third kappa shape index (κ3) is 2.61. The van der Waals surface area contributed by atoms with Gasteiger partial charge < -0.3 is 10.1 Å². The Bertz CT molecular complexity index is 130. The minimum atomic E-state index is 0.603. The van der Waals surface area contributed by atoms with Gasteiger partial charge in [-0.2, -0.15) is 0 Å². The van der Waals surface area contributed by atoms with E-state index in [9.17, 15) is 0 Å². The largest absolute Gasteiger partial charge is 0.381 e. The number of hydrogen-bond donors (Lipinski definition) is 1. The summed E-state index contributed by atoms with van der Waals surface area (Å²) in [6.45, 7) is 5.63. The van der Waals surface area contributed by atoms with E-state index in [-0.39, 0.29) is 0 Å². The van der Waals surface area contributed by atoms with Crippen molar-refractivity contribution < 1.29 is 4.74 Å². The van der Waals surface area contributed by atoms with Gasteiger partial charge in [0, 0.05) is 19.3 Å². The Balaban J connectivity index is 2.34. The molecule has 0 aromatic rings. The van der Waals surface area contributed by atoms with Crippen LogP contribution >= 0.6 is 0 Å². The monoisotopic (exact) mass is 169 g/mol. The van der Waals surface area contributed by atoms with Crippen LogP contribution in [0.1, 0.15) is 19.3 Å². The molecule has 1 N–H and O–H groups in total. The molecular formula is C10H19NO. The molecule has 0 radical (unpaired) electrons. The molecule has 0 amide bonds. The summed E-state index contributed by atoms with van der Waals surface area (Å²) in [6.07, 6.45) is 5.45. The maximum atomic E-state index is 5.32. The maximum absolute atomic E-state index is 5.32. The van der Waals surface area contributed by atoms with Crippen molar-refractivity contribution in [3.05, 3.63) is 12.7 Å². The first-order chi connectivity index (χ1) is 5.88. The summed E-state index contributed by atoms with van der Waals surface area (Å²) >= 11 is 0. The summed E-state index contributed by atoms with van der Waals surface area (Å²) in [5.74, 6) is 0.779. The normalized spacial score (nSPS) is 22.1. The summed E-state index contributed by atoms with van der Waals surface area (Å²) in [5, 5.41) is 3.35. The van der Waals surface area contributed by atoms with Crippen molar-refractivity contribution in [2.45, 2.75) is 25.3 Å². The lowest BCUT2D eigenvalue weighted by molar-refractivity contribution is 0.0551. The molecule has 1 unspecified atom stereocenters. The molecule has 0 aliphatic carbocycles. The molecule has 1 heterocycles. The van der Waals surface area contributed by atoms with Crippen molar-refractivity contribution in [2.75, 3.05) is 20.3 Å². The second-order valence-electron chi connectivity index (χ2n) is 3.37. The van der Waals surface area contributed by atoms with E-state index >= 15 is 0 Å². The third-order valence-electron chi connectivity index (χ3n) is 2.63. The van der Waals surface area contributed by atoms with Gasteiger partial charge in [0.2, 0.25) is 0 Å². The lowest BCUT2D eigenvalue weighted by Gasteiger charge is -2.29. The zero-order chi connectivity index (χ0) is 8.81. The number of nitrogens with one attached hydrogen (secondary N) is 1. The Hall–Kier alpha value is -0.340. The molecule has 12 heavy (non-hydrogen) atoms. The fourth-order valence-corrected chi connectivity index (χ4v) is 1.84.